The summed E-state index contributed by atoms with van der Waals surface area (Å²) in [6, 6.07) is 5.75. The zero-order valence-electron chi connectivity index (χ0n) is 8.00. The van der Waals surface area contributed by atoms with Crippen LogP contribution in [0.3, 0.4) is 0 Å². The first kappa shape index (κ1) is 9.68. The molecule has 2 rings (SSSR count). The lowest BCUT2D eigenvalue weighted by Gasteiger charge is -2.17. The van der Waals surface area contributed by atoms with E-state index in [0.717, 1.165) is 21.1 Å². The fourth-order valence-electron chi connectivity index (χ4n) is 1.50. The first-order chi connectivity index (χ1) is 6.50. The lowest BCUT2D eigenvalue weighted by molar-refractivity contribution is 0.0800. The molecule has 0 spiro atoms. The molecule has 1 heterocycles. The maximum absolute atomic E-state index is 9.93. The molecule has 0 unspecified atom stereocenters. The molecule has 1 aromatic heterocycles. The quantitative estimate of drug-likeness (QED) is 0.822. The number of halogens is 1. The number of aromatic amines is 1. The molecule has 3 nitrogen and oxygen atoms in total. The van der Waals surface area contributed by atoms with E-state index in [2.05, 4.69) is 26.1 Å². The third-order valence-electron chi connectivity index (χ3n) is 2.20. The average molecular weight is 255 g/mol. The van der Waals surface area contributed by atoms with Gasteiger partial charge >= 0.3 is 0 Å². The molecule has 1 aromatic carbocycles. The fourth-order valence-corrected chi connectivity index (χ4v) is 1.91. The number of nitrogens with zero attached hydrogens (tertiary/aromatic N) is 1. The van der Waals surface area contributed by atoms with Crippen LogP contribution in [0.4, 0.5) is 0 Å². The van der Waals surface area contributed by atoms with E-state index in [1.165, 1.54) is 0 Å². The van der Waals surface area contributed by atoms with Gasteiger partial charge in [0, 0.05) is 10.9 Å². The van der Waals surface area contributed by atoms with Crippen molar-refractivity contribution in [2.24, 2.45) is 0 Å². The number of H-pyrrole nitrogens is 1. The Kier molecular flexibility index (Phi) is 2.12. The Morgan fingerprint density at radius 3 is 2.79 bits per heavy atom. The Balaban J connectivity index is 2.79. The standard InChI is InChI=1S/C10H11BrN2O/c1-10(2,14)7-5-3-4-6-8(7)12-13-9(6)11/h3-5,14H,1-2H3,(H,12,13). The predicted molar refractivity (Wildman–Crippen MR) is 59.0 cm³/mol. The Morgan fingerprint density at radius 1 is 1.43 bits per heavy atom. The Bertz CT molecular complexity index is 470. The van der Waals surface area contributed by atoms with Gasteiger partial charge in [0.05, 0.1) is 11.1 Å². The molecule has 0 saturated heterocycles. The second kappa shape index (κ2) is 3.07. The van der Waals surface area contributed by atoms with Crippen LogP contribution in [0.1, 0.15) is 19.4 Å². The van der Waals surface area contributed by atoms with Crippen LogP contribution in [-0.4, -0.2) is 15.3 Å². The highest BCUT2D eigenvalue weighted by molar-refractivity contribution is 9.10. The van der Waals surface area contributed by atoms with Crippen LogP contribution < -0.4 is 0 Å². The van der Waals surface area contributed by atoms with Crippen molar-refractivity contribution in [3.05, 3.63) is 28.4 Å². The molecule has 0 atom stereocenters. The van der Waals surface area contributed by atoms with Crippen LogP contribution >= 0.6 is 15.9 Å². The van der Waals surface area contributed by atoms with Gasteiger partial charge in [0.1, 0.15) is 4.60 Å². The van der Waals surface area contributed by atoms with Gasteiger partial charge < -0.3 is 5.11 Å². The summed E-state index contributed by atoms with van der Waals surface area (Å²) in [6.45, 7) is 3.51. The highest BCUT2D eigenvalue weighted by Crippen LogP contribution is 2.29. The molecule has 0 amide bonds. The molecule has 0 aliphatic heterocycles. The number of hydrogen-bond donors (Lipinski definition) is 2. The molecule has 0 saturated carbocycles. The molecule has 0 fully saturated rings. The van der Waals surface area contributed by atoms with E-state index in [1.54, 1.807) is 13.8 Å². The van der Waals surface area contributed by atoms with Crippen molar-refractivity contribution < 1.29 is 5.11 Å². The van der Waals surface area contributed by atoms with E-state index in [9.17, 15) is 5.11 Å². The second-order valence-electron chi connectivity index (χ2n) is 3.80. The summed E-state index contributed by atoms with van der Waals surface area (Å²) in [5.74, 6) is 0. The number of fused-ring (bicyclic) bond motifs is 1. The van der Waals surface area contributed by atoms with Crippen molar-refractivity contribution >= 4 is 26.8 Å². The second-order valence-corrected chi connectivity index (χ2v) is 4.59. The van der Waals surface area contributed by atoms with Gasteiger partial charge in [-0.05, 0) is 29.8 Å². The Morgan fingerprint density at radius 2 is 2.14 bits per heavy atom. The summed E-state index contributed by atoms with van der Waals surface area (Å²) in [7, 11) is 0. The summed E-state index contributed by atoms with van der Waals surface area (Å²) in [5.41, 5.74) is 0.776. The van der Waals surface area contributed by atoms with Crippen LogP contribution in [0.2, 0.25) is 0 Å². The number of aliphatic hydroxyl groups is 1. The summed E-state index contributed by atoms with van der Waals surface area (Å²) in [5, 5.41) is 17.9. The molecule has 0 aliphatic carbocycles. The Labute approximate surface area is 90.3 Å². The number of benzene rings is 1. The number of aromatic nitrogens is 2. The molecule has 0 radical (unpaired) electrons. The van der Waals surface area contributed by atoms with Crippen molar-refractivity contribution in [2.75, 3.05) is 0 Å². The maximum atomic E-state index is 9.93. The minimum atomic E-state index is -0.867. The number of nitrogens with one attached hydrogen (secondary N) is 1. The van der Waals surface area contributed by atoms with Gasteiger partial charge in [0.2, 0.25) is 0 Å². The molecule has 14 heavy (non-hydrogen) atoms. The van der Waals surface area contributed by atoms with E-state index >= 15 is 0 Å². The molecule has 0 bridgehead atoms. The third-order valence-corrected chi connectivity index (χ3v) is 2.80. The molecule has 2 N–H and O–H groups in total. The van der Waals surface area contributed by atoms with Crippen LogP contribution in [0.15, 0.2) is 22.8 Å². The van der Waals surface area contributed by atoms with Crippen LogP contribution in [0, 0.1) is 0 Å². The van der Waals surface area contributed by atoms with Gasteiger partial charge in [0.25, 0.3) is 0 Å². The topological polar surface area (TPSA) is 48.9 Å². The minimum absolute atomic E-state index is 0.812. The van der Waals surface area contributed by atoms with Crippen molar-refractivity contribution in [3.63, 3.8) is 0 Å². The van der Waals surface area contributed by atoms with Crippen molar-refractivity contribution in [1.82, 2.24) is 10.2 Å². The summed E-state index contributed by atoms with van der Waals surface area (Å²) in [4.78, 5) is 0. The number of para-hydroxylation sites is 1. The monoisotopic (exact) mass is 254 g/mol. The molecular weight excluding hydrogens is 244 g/mol. The highest BCUT2D eigenvalue weighted by atomic mass is 79.9. The van der Waals surface area contributed by atoms with Crippen molar-refractivity contribution in [1.29, 1.82) is 0 Å². The number of rotatable bonds is 1. The zero-order chi connectivity index (χ0) is 10.3. The maximum Gasteiger partial charge on any atom is 0.108 e. The minimum Gasteiger partial charge on any atom is -0.386 e. The van der Waals surface area contributed by atoms with Gasteiger partial charge in [0.15, 0.2) is 0 Å². The molecule has 74 valence electrons. The van der Waals surface area contributed by atoms with Crippen LogP contribution in [-0.2, 0) is 5.60 Å². The lowest BCUT2D eigenvalue weighted by atomic mass is 9.96. The molecule has 4 heteroatoms. The van der Waals surface area contributed by atoms with Crippen molar-refractivity contribution in [2.45, 2.75) is 19.4 Å². The van der Waals surface area contributed by atoms with Crippen molar-refractivity contribution in [3.8, 4) is 0 Å². The third kappa shape index (κ3) is 1.44. The molecule has 0 aliphatic rings. The fraction of sp³-hybridized carbons (Fsp3) is 0.300. The summed E-state index contributed by atoms with van der Waals surface area (Å²) in [6.07, 6.45) is 0. The lowest BCUT2D eigenvalue weighted by Crippen LogP contribution is -2.15. The zero-order valence-corrected chi connectivity index (χ0v) is 9.59. The van der Waals surface area contributed by atoms with Gasteiger partial charge in [-0.1, -0.05) is 18.2 Å². The van der Waals surface area contributed by atoms with E-state index in [-0.39, 0.29) is 0 Å². The van der Waals surface area contributed by atoms with Crippen LogP contribution in [0.25, 0.3) is 10.9 Å². The largest absolute Gasteiger partial charge is 0.386 e. The summed E-state index contributed by atoms with van der Waals surface area (Å²) < 4.78 is 0.846. The normalized spacial score (nSPS) is 12.3. The van der Waals surface area contributed by atoms with Gasteiger partial charge in [-0.3, -0.25) is 5.10 Å². The van der Waals surface area contributed by atoms with E-state index in [4.69, 9.17) is 0 Å². The van der Waals surface area contributed by atoms with Gasteiger partial charge in [-0.15, -0.1) is 0 Å². The number of hydrogen-bond acceptors (Lipinski definition) is 2. The first-order valence-electron chi connectivity index (χ1n) is 4.35. The van der Waals surface area contributed by atoms with Gasteiger partial charge in [-0.25, -0.2) is 0 Å². The van der Waals surface area contributed by atoms with Gasteiger partial charge in [-0.2, -0.15) is 5.10 Å². The molecule has 2 aromatic rings. The first-order valence-corrected chi connectivity index (χ1v) is 5.15. The SMILES string of the molecule is CC(C)(O)c1cccc2c(Br)[nH]nc12. The Hall–Kier alpha value is -0.870. The van der Waals surface area contributed by atoms with Crippen LogP contribution in [0.5, 0.6) is 0 Å². The molecular formula is C10H11BrN2O. The average Bonchev–Trinajstić information content (AvgIpc) is 2.46. The predicted octanol–water partition coefficient (Wildman–Crippen LogP) is 2.55. The van der Waals surface area contributed by atoms with E-state index in [0.29, 0.717) is 0 Å². The van der Waals surface area contributed by atoms with E-state index in [1.807, 2.05) is 18.2 Å². The summed E-state index contributed by atoms with van der Waals surface area (Å²) >= 11 is 3.37. The smallest absolute Gasteiger partial charge is 0.108 e. The van der Waals surface area contributed by atoms with E-state index < -0.39 is 5.60 Å². The highest BCUT2D eigenvalue weighted by Gasteiger charge is 2.20.